The summed E-state index contributed by atoms with van der Waals surface area (Å²) in [6.07, 6.45) is 1.95. The van der Waals surface area contributed by atoms with Crippen LogP contribution in [0, 0.1) is 0 Å². The predicted molar refractivity (Wildman–Crippen MR) is 75.5 cm³/mol. The number of methoxy groups -OCH3 is 1. The van der Waals surface area contributed by atoms with Crippen LogP contribution in [0.4, 0.5) is 11.5 Å². The fourth-order valence-electron chi connectivity index (χ4n) is 2.14. The molecule has 0 saturated carbocycles. The number of nitrogens with zero attached hydrogens (tertiary/aromatic N) is 2. The predicted octanol–water partition coefficient (Wildman–Crippen LogP) is 0.0753. The molecule has 110 valence electrons. The smallest absolute Gasteiger partial charge is 0.341 e. The van der Waals surface area contributed by atoms with Gasteiger partial charge in [0, 0.05) is 13.1 Å². The molecule has 1 saturated heterocycles. The summed E-state index contributed by atoms with van der Waals surface area (Å²) in [6, 6.07) is 1.49. The molecule has 1 aliphatic rings. The van der Waals surface area contributed by atoms with Gasteiger partial charge in [-0.15, -0.1) is 0 Å². The van der Waals surface area contributed by atoms with Gasteiger partial charge in [0.2, 0.25) is 0 Å². The third kappa shape index (κ3) is 3.19. The Morgan fingerprint density at radius 3 is 2.85 bits per heavy atom. The Morgan fingerprint density at radius 1 is 1.40 bits per heavy atom. The van der Waals surface area contributed by atoms with Crippen LogP contribution in [0.15, 0.2) is 12.3 Å². The van der Waals surface area contributed by atoms with E-state index in [-0.39, 0.29) is 17.1 Å². The van der Waals surface area contributed by atoms with Crippen LogP contribution in [-0.4, -0.2) is 51.1 Å². The Kier molecular flexibility index (Phi) is 4.12. The highest BCUT2D eigenvalue weighted by atomic mass is 32.2. The number of sulfone groups is 1. The summed E-state index contributed by atoms with van der Waals surface area (Å²) < 4.78 is 28.0. The molecule has 2 N–H and O–H groups in total. The van der Waals surface area contributed by atoms with Gasteiger partial charge in [-0.05, 0) is 12.5 Å². The molecular formula is C12H17N3O4S. The number of ether oxygens (including phenoxy) is 1. The second kappa shape index (κ2) is 5.66. The van der Waals surface area contributed by atoms with E-state index in [9.17, 15) is 13.2 Å². The zero-order valence-corrected chi connectivity index (χ0v) is 12.0. The van der Waals surface area contributed by atoms with Gasteiger partial charge in [-0.3, -0.25) is 0 Å². The maximum atomic E-state index is 11.8. The van der Waals surface area contributed by atoms with E-state index in [1.807, 2.05) is 0 Å². The van der Waals surface area contributed by atoms with Gasteiger partial charge in [-0.1, -0.05) is 0 Å². The van der Waals surface area contributed by atoms with Gasteiger partial charge in [0.15, 0.2) is 9.84 Å². The molecule has 20 heavy (non-hydrogen) atoms. The fourth-order valence-corrected chi connectivity index (χ4v) is 3.41. The maximum Gasteiger partial charge on any atom is 0.341 e. The molecular weight excluding hydrogens is 282 g/mol. The highest BCUT2D eigenvalue weighted by Crippen LogP contribution is 2.22. The van der Waals surface area contributed by atoms with E-state index in [1.54, 1.807) is 4.90 Å². The first-order valence-corrected chi connectivity index (χ1v) is 8.04. The van der Waals surface area contributed by atoms with Crippen molar-refractivity contribution in [1.29, 1.82) is 0 Å². The number of nitrogen functional groups attached to an aromatic ring is 1. The van der Waals surface area contributed by atoms with Crippen molar-refractivity contribution in [2.24, 2.45) is 0 Å². The molecule has 0 radical (unpaired) electrons. The molecule has 2 rings (SSSR count). The average Bonchev–Trinajstić information content (AvgIpc) is 2.59. The minimum Gasteiger partial charge on any atom is -0.465 e. The van der Waals surface area contributed by atoms with E-state index in [0.29, 0.717) is 31.0 Å². The minimum atomic E-state index is -3.02. The van der Waals surface area contributed by atoms with Gasteiger partial charge in [-0.2, -0.15) is 0 Å². The molecule has 2 heterocycles. The Morgan fingerprint density at radius 2 is 2.15 bits per heavy atom. The summed E-state index contributed by atoms with van der Waals surface area (Å²) in [6.45, 7) is 0.837. The highest BCUT2D eigenvalue weighted by molar-refractivity contribution is 7.91. The highest BCUT2D eigenvalue weighted by Gasteiger charge is 2.24. The normalized spacial score (nSPS) is 18.4. The SMILES string of the molecule is COC(=O)c1cc(N)cnc1N1CCCS(=O)(=O)CC1. The molecule has 0 bridgehead atoms. The molecule has 0 unspecified atom stereocenters. The summed E-state index contributed by atoms with van der Waals surface area (Å²) in [5, 5.41) is 0. The second-order valence-corrected chi connectivity index (χ2v) is 6.93. The van der Waals surface area contributed by atoms with Crippen LogP contribution < -0.4 is 10.6 Å². The van der Waals surface area contributed by atoms with E-state index >= 15 is 0 Å². The fraction of sp³-hybridized carbons (Fsp3) is 0.500. The van der Waals surface area contributed by atoms with Crippen molar-refractivity contribution in [2.45, 2.75) is 6.42 Å². The first kappa shape index (κ1) is 14.6. The number of nitrogens with two attached hydrogens (primary N) is 1. The summed E-state index contributed by atoms with van der Waals surface area (Å²) in [7, 11) is -1.74. The lowest BCUT2D eigenvalue weighted by Gasteiger charge is -2.22. The Bertz CT molecular complexity index is 615. The summed E-state index contributed by atoms with van der Waals surface area (Å²) in [5.74, 6) is 0.0983. The number of carbonyl (C=O) groups excluding carboxylic acids is 1. The molecule has 0 aromatic carbocycles. The number of aromatic nitrogens is 1. The lowest BCUT2D eigenvalue weighted by atomic mass is 10.2. The van der Waals surface area contributed by atoms with E-state index in [0.717, 1.165) is 0 Å². The third-order valence-electron chi connectivity index (χ3n) is 3.15. The first-order chi connectivity index (χ1) is 9.43. The van der Waals surface area contributed by atoms with E-state index in [2.05, 4.69) is 4.98 Å². The molecule has 7 nitrogen and oxygen atoms in total. The van der Waals surface area contributed by atoms with E-state index in [4.69, 9.17) is 10.5 Å². The zero-order chi connectivity index (χ0) is 14.8. The van der Waals surface area contributed by atoms with E-state index < -0.39 is 15.8 Å². The van der Waals surface area contributed by atoms with Crippen LogP contribution >= 0.6 is 0 Å². The quantitative estimate of drug-likeness (QED) is 0.771. The van der Waals surface area contributed by atoms with Crippen LogP contribution in [0.3, 0.4) is 0 Å². The lowest BCUT2D eigenvalue weighted by molar-refractivity contribution is 0.0601. The number of carbonyl (C=O) groups is 1. The second-order valence-electron chi connectivity index (χ2n) is 4.62. The minimum absolute atomic E-state index is 0.0552. The molecule has 0 atom stereocenters. The first-order valence-electron chi connectivity index (χ1n) is 6.22. The van der Waals surface area contributed by atoms with Crippen LogP contribution in [0.5, 0.6) is 0 Å². The number of pyridine rings is 1. The van der Waals surface area contributed by atoms with Crippen molar-refractivity contribution in [3.05, 3.63) is 17.8 Å². The van der Waals surface area contributed by atoms with Crippen molar-refractivity contribution < 1.29 is 17.9 Å². The summed E-state index contributed by atoms with van der Waals surface area (Å²) in [5.41, 5.74) is 6.25. The third-order valence-corrected chi connectivity index (χ3v) is 4.86. The number of esters is 1. The van der Waals surface area contributed by atoms with Gasteiger partial charge in [0.1, 0.15) is 11.4 Å². The number of hydrogen-bond acceptors (Lipinski definition) is 7. The van der Waals surface area contributed by atoms with Gasteiger partial charge in [-0.25, -0.2) is 18.2 Å². The molecule has 8 heteroatoms. The van der Waals surface area contributed by atoms with Crippen LogP contribution in [-0.2, 0) is 14.6 Å². The average molecular weight is 299 g/mol. The summed E-state index contributed by atoms with van der Waals surface area (Å²) >= 11 is 0. The van der Waals surface area contributed by atoms with E-state index in [1.165, 1.54) is 19.4 Å². The zero-order valence-electron chi connectivity index (χ0n) is 11.2. The topological polar surface area (TPSA) is 103 Å². The molecule has 1 aliphatic heterocycles. The van der Waals surface area contributed by atoms with Crippen molar-refractivity contribution in [1.82, 2.24) is 4.98 Å². The Labute approximate surface area is 117 Å². The van der Waals surface area contributed by atoms with Gasteiger partial charge < -0.3 is 15.4 Å². The van der Waals surface area contributed by atoms with Crippen molar-refractivity contribution in [3.63, 3.8) is 0 Å². The summed E-state index contributed by atoms with van der Waals surface area (Å²) in [4.78, 5) is 17.7. The Hall–Kier alpha value is -1.83. The molecule has 0 spiro atoms. The monoisotopic (exact) mass is 299 g/mol. The molecule has 1 aromatic heterocycles. The van der Waals surface area contributed by atoms with Crippen LogP contribution in [0.1, 0.15) is 16.8 Å². The van der Waals surface area contributed by atoms with Crippen LogP contribution in [0.25, 0.3) is 0 Å². The van der Waals surface area contributed by atoms with Gasteiger partial charge in [0.25, 0.3) is 0 Å². The van der Waals surface area contributed by atoms with Gasteiger partial charge in [0.05, 0.1) is 30.5 Å². The molecule has 0 aliphatic carbocycles. The van der Waals surface area contributed by atoms with Crippen molar-refractivity contribution >= 4 is 27.3 Å². The maximum absolute atomic E-state index is 11.8. The molecule has 0 amide bonds. The van der Waals surface area contributed by atoms with Crippen molar-refractivity contribution in [3.8, 4) is 0 Å². The lowest BCUT2D eigenvalue weighted by Crippen LogP contribution is -2.29. The number of anilines is 2. The largest absolute Gasteiger partial charge is 0.465 e. The van der Waals surface area contributed by atoms with Gasteiger partial charge >= 0.3 is 5.97 Å². The van der Waals surface area contributed by atoms with Crippen molar-refractivity contribution in [2.75, 3.05) is 42.3 Å². The Balaban J connectivity index is 2.34. The number of rotatable bonds is 2. The molecule has 1 aromatic rings. The van der Waals surface area contributed by atoms with Crippen LogP contribution in [0.2, 0.25) is 0 Å². The number of hydrogen-bond donors (Lipinski definition) is 1. The standard InChI is InChI=1S/C12H17N3O4S/c1-19-12(16)10-7-9(13)8-14-11(10)15-3-2-5-20(17,18)6-4-15/h7-8H,2-6,13H2,1H3. The molecule has 1 fully saturated rings.